The van der Waals surface area contributed by atoms with Crippen molar-refractivity contribution < 1.29 is 9.53 Å². The first-order chi connectivity index (χ1) is 9.24. The largest absolute Gasteiger partial charge is 0.462 e. The molecule has 0 spiro atoms. The van der Waals surface area contributed by atoms with Gasteiger partial charge in [0.25, 0.3) is 0 Å². The number of hydrogen-bond acceptors (Lipinski definition) is 2. The normalized spacial score (nSPS) is 10.8. The molecule has 0 N–H and O–H groups in total. The maximum atomic E-state index is 11.7. The monoisotopic (exact) mass is 280 g/mol. The Bertz CT molecular complexity index is 413. The van der Waals surface area contributed by atoms with Crippen LogP contribution in [0.4, 0.5) is 0 Å². The number of esters is 1. The molecule has 3 heteroatoms. The zero-order valence-corrected chi connectivity index (χ0v) is 12.2. The van der Waals surface area contributed by atoms with E-state index in [2.05, 4.69) is 19.1 Å². The first-order valence-corrected chi connectivity index (χ1v) is 7.19. The molecular weight excluding hydrogens is 260 g/mol. The number of hydrogen-bond donors (Lipinski definition) is 0. The fourth-order valence-electron chi connectivity index (χ4n) is 1.67. The van der Waals surface area contributed by atoms with Crippen molar-refractivity contribution in [3.8, 4) is 0 Å². The Morgan fingerprint density at radius 1 is 1.26 bits per heavy atom. The Hall–Kier alpha value is -1.28. The number of rotatable bonds is 8. The molecule has 0 saturated heterocycles. The molecule has 1 aromatic rings. The van der Waals surface area contributed by atoms with E-state index >= 15 is 0 Å². The van der Waals surface area contributed by atoms with E-state index in [-0.39, 0.29) is 5.97 Å². The molecule has 0 fully saturated rings. The molecule has 0 aliphatic rings. The Balaban J connectivity index is 2.17. The van der Waals surface area contributed by atoms with E-state index in [0.29, 0.717) is 17.2 Å². The number of allylic oxidation sites excluding steroid dienone is 1. The van der Waals surface area contributed by atoms with Gasteiger partial charge in [0.15, 0.2) is 0 Å². The lowest BCUT2D eigenvalue weighted by molar-refractivity contribution is 0.0511. The lowest BCUT2D eigenvalue weighted by atomic mass is 10.2. The number of ether oxygens (including phenoxy) is 1. The molecule has 0 heterocycles. The van der Waals surface area contributed by atoms with Gasteiger partial charge in [-0.1, -0.05) is 49.6 Å². The second kappa shape index (κ2) is 9.62. The summed E-state index contributed by atoms with van der Waals surface area (Å²) >= 11 is 5.81. The fourth-order valence-corrected chi connectivity index (χ4v) is 1.86. The highest BCUT2D eigenvalue weighted by Crippen LogP contribution is 2.11. The predicted molar refractivity (Wildman–Crippen MR) is 79.6 cm³/mol. The van der Waals surface area contributed by atoms with Gasteiger partial charge in [-0.15, -0.1) is 0 Å². The maximum Gasteiger partial charge on any atom is 0.338 e. The van der Waals surface area contributed by atoms with Crippen LogP contribution >= 0.6 is 11.6 Å². The molecule has 104 valence electrons. The molecule has 0 saturated carbocycles. The van der Waals surface area contributed by atoms with Crippen molar-refractivity contribution in [2.45, 2.75) is 39.0 Å². The molecule has 0 amide bonds. The first kappa shape index (κ1) is 15.8. The van der Waals surface area contributed by atoms with E-state index in [4.69, 9.17) is 16.3 Å². The molecule has 0 radical (unpaired) electrons. The number of benzene rings is 1. The van der Waals surface area contributed by atoms with Crippen LogP contribution in [0.25, 0.3) is 0 Å². The molecule has 1 aromatic carbocycles. The smallest absolute Gasteiger partial charge is 0.338 e. The maximum absolute atomic E-state index is 11.7. The van der Waals surface area contributed by atoms with Gasteiger partial charge < -0.3 is 4.74 Å². The summed E-state index contributed by atoms with van der Waals surface area (Å²) in [4.78, 5) is 11.7. The van der Waals surface area contributed by atoms with Crippen LogP contribution in [0, 0.1) is 0 Å². The van der Waals surface area contributed by atoms with Crippen LogP contribution in [0.15, 0.2) is 36.4 Å². The van der Waals surface area contributed by atoms with Gasteiger partial charge in [0, 0.05) is 5.02 Å². The van der Waals surface area contributed by atoms with Crippen molar-refractivity contribution in [2.75, 3.05) is 6.61 Å². The molecule has 0 aliphatic carbocycles. The van der Waals surface area contributed by atoms with Gasteiger partial charge in [-0.05, 0) is 37.5 Å². The van der Waals surface area contributed by atoms with Crippen LogP contribution in [-0.4, -0.2) is 12.6 Å². The van der Waals surface area contributed by atoms with Crippen LogP contribution in [0.5, 0.6) is 0 Å². The topological polar surface area (TPSA) is 26.3 Å². The minimum atomic E-state index is -0.318. The third-order valence-corrected chi connectivity index (χ3v) is 2.95. The molecule has 1 rings (SSSR count). The van der Waals surface area contributed by atoms with E-state index in [9.17, 15) is 4.79 Å². The van der Waals surface area contributed by atoms with Crippen molar-refractivity contribution in [2.24, 2.45) is 0 Å². The Morgan fingerprint density at radius 3 is 2.79 bits per heavy atom. The van der Waals surface area contributed by atoms with E-state index in [1.165, 1.54) is 19.3 Å². The number of halogens is 1. The average Bonchev–Trinajstić information content (AvgIpc) is 2.41. The third-order valence-electron chi connectivity index (χ3n) is 2.72. The minimum absolute atomic E-state index is 0.318. The van der Waals surface area contributed by atoms with Gasteiger partial charge in [-0.2, -0.15) is 0 Å². The SMILES string of the molecule is CCCCC/C=C\CCOC(=O)c1cccc(Cl)c1. The molecule has 0 unspecified atom stereocenters. The van der Waals surface area contributed by atoms with Crippen LogP contribution in [-0.2, 0) is 4.74 Å². The van der Waals surface area contributed by atoms with Crippen molar-refractivity contribution in [1.29, 1.82) is 0 Å². The van der Waals surface area contributed by atoms with Crippen LogP contribution in [0.1, 0.15) is 49.4 Å². The van der Waals surface area contributed by atoms with Gasteiger partial charge in [-0.3, -0.25) is 0 Å². The quantitative estimate of drug-likeness (QED) is 0.379. The van der Waals surface area contributed by atoms with Gasteiger partial charge in [0.1, 0.15) is 0 Å². The average molecular weight is 281 g/mol. The first-order valence-electron chi connectivity index (χ1n) is 6.81. The number of carbonyl (C=O) groups is 1. The summed E-state index contributed by atoms with van der Waals surface area (Å²) in [5.41, 5.74) is 0.499. The van der Waals surface area contributed by atoms with Gasteiger partial charge >= 0.3 is 5.97 Å². The lowest BCUT2D eigenvalue weighted by Crippen LogP contribution is -2.05. The predicted octanol–water partition coefficient (Wildman–Crippen LogP) is 5.02. The lowest BCUT2D eigenvalue weighted by Gasteiger charge is -2.03. The van der Waals surface area contributed by atoms with E-state index in [1.807, 2.05) is 0 Å². The molecular formula is C16H21ClO2. The summed E-state index contributed by atoms with van der Waals surface area (Å²) in [5, 5.41) is 0.547. The van der Waals surface area contributed by atoms with Crippen molar-refractivity contribution in [3.05, 3.63) is 47.0 Å². The van der Waals surface area contributed by atoms with Crippen molar-refractivity contribution in [3.63, 3.8) is 0 Å². The second-order valence-electron chi connectivity index (χ2n) is 4.40. The zero-order chi connectivity index (χ0) is 13.9. The number of unbranched alkanes of at least 4 members (excludes halogenated alkanes) is 3. The fraction of sp³-hybridized carbons (Fsp3) is 0.438. The van der Waals surface area contributed by atoms with E-state index in [1.54, 1.807) is 24.3 Å². The summed E-state index contributed by atoms with van der Waals surface area (Å²) in [6, 6.07) is 6.79. The van der Waals surface area contributed by atoms with Gasteiger partial charge in [0.05, 0.1) is 12.2 Å². The van der Waals surface area contributed by atoms with Crippen molar-refractivity contribution >= 4 is 17.6 Å². The summed E-state index contributed by atoms with van der Waals surface area (Å²) in [6.07, 6.45) is 9.84. The van der Waals surface area contributed by atoms with Gasteiger partial charge in [0.2, 0.25) is 0 Å². The number of carbonyl (C=O) groups excluding carboxylic acids is 1. The highest BCUT2D eigenvalue weighted by Gasteiger charge is 2.06. The van der Waals surface area contributed by atoms with Crippen LogP contribution in [0.3, 0.4) is 0 Å². The summed E-state index contributed by atoms with van der Waals surface area (Å²) in [6.45, 7) is 2.61. The molecule has 0 bridgehead atoms. The molecule has 0 aliphatic heterocycles. The van der Waals surface area contributed by atoms with Crippen LogP contribution < -0.4 is 0 Å². The second-order valence-corrected chi connectivity index (χ2v) is 4.84. The molecule has 0 atom stereocenters. The zero-order valence-electron chi connectivity index (χ0n) is 11.4. The standard InChI is InChI=1S/C16H21ClO2/c1-2-3-4-5-6-7-8-12-19-16(18)14-10-9-11-15(17)13-14/h6-7,9-11,13H,2-5,8,12H2,1H3/b7-6-. The highest BCUT2D eigenvalue weighted by atomic mass is 35.5. The molecule has 2 nitrogen and oxygen atoms in total. The Kier molecular flexibility index (Phi) is 7.99. The summed E-state index contributed by atoms with van der Waals surface area (Å²) in [5.74, 6) is -0.318. The van der Waals surface area contributed by atoms with Crippen molar-refractivity contribution in [1.82, 2.24) is 0 Å². The van der Waals surface area contributed by atoms with E-state index < -0.39 is 0 Å². The summed E-state index contributed by atoms with van der Waals surface area (Å²) < 4.78 is 5.16. The highest BCUT2D eigenvalue weighted by molar-refractivity contribution is 6.30. The summed E-state index contributed by atoms with van der Waals surface area (Å²) in [7, 11) is 0. The Labute approximate surface area is 120 Å². The molecule has 0 aromatic heterocycles. The molecule has 19 heavy (non-hydrogen) atoms. The van der Waals surface area contributed by atoms with Crippen LogP contribution in [0.2, 0.25) is 5.02 Å². The minimum Gasteiger partial charge on any atom is -0.462 e. The van der Waals surface area contributed by atoms with E-state index in [0.717, 1.165) is 12.8 Å². The Morgan fingerprint density at radius 2 is 2.05 bits per heavy atom. The van der Waals surface area contributed by atoms with Gasteiger partial charge in [-0.25, -0.2) is 4.79 Å². The third kappa shape index (κ3) is 7.02.